The second kappa shape index (κ2) is 4.94. The van der Waals surface area contributed by atoms with E-state index in [2.05, 4.69) is 33.5 Å². The molecule has 0 bridgehead atoms. The smallest absolute Gasteiger partial charge is 0.104 e. The molecule has 1 fully saturated rings. The molecule has 4 nitrogen and oxygen atoms in total. The number of aromatic amines is 1. The number of aliphatic hydroxyl groups is 1. The molecule has 0 atom stereocenters. The second-order valence-corrected chi connectivity index (χ2v) is 5.79. The molecule has 1 aromatic carbocycles. The average molecular weight is 259 g/mol. The largest absolute Gasteiger partial charge is 0.396 e. The summed E-state index contributed by atoms with van der Waals surface area (Å²) < 4.78 is 0. The third kappa shape index (κ3) is 2.51. The number of nitrogens with one attached hydrogen (secondary N) is 2. The lowest BCUT2D eigenvalue weighted by Crippen LogP contribution is -2.42. The molecule has 1 aromatic heterocycles. The van der Waals surface area contributed by atoms with Crippen LogP contribution >= 0.6 is 0 Å². The van der Waals surface area contributed by atoms with E-state index in [4.69, 9.17) is 0 Å². The van der Waals surface area contributed by atoms with Crippen molar-refractivity contribution in [2.45, 2.75) is 32.7 Å². The van der Waals surface area contributed by atoms with Gasteiger partial charge in [0, 0.05) is 25.1 Å². The van der Waals surface area contributed by atoms with Gasteiger partial charge in [-0.25, -0.2) is 4.98 Å². The number of aliphatic hydroxyl groups excluding tert-OH is 1. The molecule has 1 saturated carbocycles. The van der Waals surface area contributed by atoms with Crippen LogP contribution in [0.25, 0.3) is 11.0 Å². The van der Waals surface area contributed by atoms with E-state index >= 15 is 0 Å². The molecule has 4 heteroatoms. The summed E-state index contributed by atoms with van der Waals surface area (Å²) in [6, 6.07) is 6.32. The Balaban J connectivity index is 1.62. The summed E-state index contributed by atoms with van der Waals surface area (Å²) in [7, 11) is 0. The van der Waals surface area contributed by atoms with E-state index in [9.17, 15) is 5.11 Å². The van der Waals surface area contributed by atoms with Crippen LogP contribution in [0.5, 0.6) is 0 Å². The highest BCUT2D eigenvalue weighted by Crippen LogP contribution is 2.39. The van der Waals surface area contributed by atoms with Crippen LogP contribution in [0.4, 0.5) is 0 Å². The first-order valence-electron chi connectivity index (χ1n) is 6.98. The second-order valence-electron chi connectivity index (χ2n) is 5.79. The Morgan fingerprint density at radius 3 is 2.95 bits per heavy atom. The van der Waals surface area contributed by atoms with Gasteiger partial charge in [0.25, 0.3) is 0 Å². The number of aryl methyl sites for hydroxylation is 1. The first-order chi connectivity index (χ1) is 9.21. The van der Waals surface area contributed by atoms with Crippen LogP contribution in [0.15, 0.2) is 18.2 Å². The van der Waals surface area contributed by atoms with E-state index in [1.54, 1.807) is 0 Å². The van der Waals surface area contributed by atoms with Crippen LogP contribution in [0.2, 0.25) is 0 Å². The first kappa shape index (κ1) is 12.6. The van der Waals surface area contributed by atoms with Gasteiger partial charge in [-0.15, -0.1) is 0 Å². The summed E-state index contributed by atoms with van der Waals surface area (Å²) >= 11 is 0. The zero-order chi connectivity index (χ0) is 13.3. The van der Waals surface area contributed by atoms with Crippen LogP contribution in [-0.4, -0.2) is 28.2 Å². The third-order valence-corrected chi connectivity index (χ3v) is 4.24. The minimum atomic E-state index is 0.147. The van der Waals surface area contributed by atoms with Crippen LogP contribution in [0.3, 0.4) is 0 Å². The highest BCUT2D eigenvalue weighted by Gasteiger charge is 2.35. The highest BCUT2D eigenvalue weighted by atomic mass is 16.3. The van der Waals surface area contributed by atoms with Crippen molar-refractivity contribution in [3.8, 4) is 0 Å². The number of benzene rings is 1. The van der Waals surface area contributed by atoms with Crippen molar-refractivity contribution in [3.05, 3.63) is 29.6 Å². The lowest BCUT2D eigenvalue weighted by atomic mass is 9.69. The van der Waals surface area contributed by atoms with E-state index in [0.717, 1.165) is 42.8 Å². The number of H-pyrrole nitrogens is 1. The summed E-state index contributed by atoms with van der Waals surface area (Å²) in [5.41, 5.74) is 3.52. The molecule has 1 heterocycles. The molecule has 0 amide bonds. The Bertz CT molecular complexity index is 566. The Morgan fingerprint density at radius 1 is 1.42 bits per heavy atom. The van der Waals surface area contributed by atoms with Crippen LogP contribution in [-0.2, 0) is 6.54 Å². The van der Waals surface area contributed by atoms with Gasteiger partial charge in [0.1, 0.15) is 5.82 Å². The molecule has 3 rings (SSSR count). The van der Waals surface area contributed by atoms with Gasteiger partial charge in [-0.3, -0.25) is 0 Å². The van der Waals surface area contributed by atoms with Crippen molar-refractivity contribution >= 4 is 11.0 Å². The van der Waals surface area contributed by atoms with Crippen molar-refractivity contribution in [3.63, 3.8) is 0 Å². The maximum Gasteiger partial charge on any atom is 0.104 e. The molecule has 1 aliphatic rings. The molecular weight excluding hydrogens is 238 g/mol. The van der Waals surface area contributed by atoms with Crippen LogP contribution < -0.4 is 5.32 Å². The minimum Gasteiger partial charge on any atom is -0.396 e. The Hall–Kier alpha value is -1.39. The number of nitrogens with zero attached hydrogens (tertiary/aromatic N) is 1. The van der Waals surface area contributed by atoms with Gasteiger partial charge in [0.05, 0.1) is 11.0 Å². The van der Waals surface area contributed by atoms with Crippen molar-refractivity contribution in [1.29, 1.82) is 0 Å². The van der Waals surface area contributed by atoms with Crippen molar-refractivity contribution in [2.75, 3.05) is 13.2 Å². The molecule has 0 saturated heterocycles. The lowest BCUT2D eigenvalue weighted by Gasteiger charge is -2.40. The van der Waals surface area contributed by atoms with E-state index in [-0.39, 0.29) is 5.41 Å². The molecule has 102 valence electrons. The van der Waals surface area contributed by atoms with Gasteiger partial charge in [-0.1, -0.05) is 12.5 Å². The number of aromatic nitrogens is 2. The average Bonchev–Trinajstić information content (AvgIpc) is 2.72. The fourth-order valence-electron chi connectivity index (χ4n) is 2.83. The quantitative estimate of drug-likeness (QED) is 0.771. The topological polar surface area (TPSA) is 60.9 Å². The Morgan fingerprint density at radius 2 is 2.26 bits per heavy atom. The summed E-state index contributed by atoms with van der Waals surface area (Å²) in [5.74, 6) is 0.953. The molecule has 0 radical (unpaired) electrons. The molecule has 1 aliphatic carbocycles. The van der Waals surface area contributed by atoms with E-state index in [1.807, 2.05) is 6.92 Å². The molecule has 3 N–H and O–H groups in total. The Kier molecular flexibility index (Phi) is 3.29. The van der Waals surface area contributed by atoms with Crippen molar-refractivity contribution in [2.24, 2.45) is 5.41 Å². The van der Waals surface area contributed by atoms with Gasteiger partial charge in [-0.2, -0.15) is 0 Å². The van der Waals surface area contributed by atoms with Gasteiger partial charge < -0.3 is 15.4 Å². The SMILES string of the molecule is Cc1nc2ccc(CNCC3(CO)CCC3)cc2[nH]1. The number of hydrogen-bond acceptors (Lipinski definition) is 3. The van der Waals surface area contributed by atoms with Gasteiger partial charge in [0.2, 0.25) is 0 Å². The molecule has 0 aliphatic heterocycles. The molecule has 19 heavy (non-hydrogen) atoms. The van der Waals surface area contributed by atoms with Gasteiger partial charge >= 0.3 is 0 Å². The monoisotopic (exact) mass is 259 g/mol. The minimum absolute atomic E-state index is 0.147. The lowest BCUT2D eigenvalue weighted by molar-refractivity contribution is 0.0445. The summed E-state index contributed by atoms with van der Waals surface area (Å²) in [4.78, 5) is 7.66. The summed E-state index contributed by atoms with van der Waals surface area (Å²) in [5, 5.41) is 12.9. The summed E-state index contributed by atoms with van der Waals surface area (Å²) in [6.07, 6.45) is 3.55. The normalized spacial score (nSPS) is 17.6. The van der Waals surface area contributed by atoms with Gasteiger partial charge in [0.15, 0.2) is 0 Å². The number of rotatable bonds is 5. The predicted octanol–water partition coefficient (Wildman–Crippen LogP) is 2.12. The standard InChI is InChI=1S/C15H21N3O/c1-11-17-13-4-3-12(7-14(13)18-11)8-16-9-15(10-19)5-2-6-15/h3-4,7,16,19H,2,5-6,8-10H2,1H3,(H,17,18). The highest BCUT2D eigenvalue weighted by molar-refractivity contribution is 5.75. The third-order valence-electron chi connectivity index (χ3n) is 4.24. The zero-order valence-corrected chi connectivity index (χ0v) is 11.4. The van der Waals surface area contributed by atoms with E-state index in [0.29, 0.717) is 6.61 Å². The van der Waals surface area contributed by atoms with Crippen LogP contribution in [0.1, 0.15) is 30.7 Å². The number of imidazole rings is 1. The zero-order valence-electron chi connectivity index (χ0n) is 11.4. The maximum atomic E-state index is 9.42. The molecule has 0 spiro atoms. The van der Waals surface area contributed by atoms with Crippen LogP contribution in [0, 0.1) is 12.3 Å². The van der Waals surface area contributed by atoms with Crippen molar-refractivity contribution < 1.29 is 5.11 Å². The fourth-order valence-corrected chi connectivity index (χ4v) is 2.83. The molecular formula is C15H21N3O. The van der Waals surface area contributed by atoms with Crippen molar-refractivity contribution in [1.82, 2.24) is 15.3 Å². The predicted molar refractivity (Wildman–Crippen MR) is 75.9 cm³/mol. The number of hydrogen-bond donors (Lipinski definition) is 3. The van der Waals surface area contributed by atoms with E-state index < -0.39 is 0 Å². The van der Waals surface area contributed by atoms with E-state index in [1.165, 1.54) is 12.0 Å². The first-order valence-corrected chi connectivity index (χ1v) is 6.98. The maximum absolute atomic E-state index is 9.42. The molecule has 0 unspecified atom stereocenters. The number of fused-ring (bicyclic) bond motifs is 1. The fraction of sp³-hybridized carbons (Fsp3) is 0.533. The summed E-state index contributed by atoms with van der Waals surface area (Å²) in [6.45, 7) is 4.03. The van der Waals surface area contributed by atoms with Gasteiger partial charge in [-0.05, 0) is 37.5 Å². The Labute approximate surface area is 113 Å². The molecule has 2 aromatic rings.